The number of carbonyl (C=O) groups is 3. The van der Waals surface area contributed by atoms with E-state index in [2.05, 4.69) is 62.5 Å². The van der Waals surface area contributed by atoms with Crippen molar-refractivity contribution in [2.75, 3.05) is 41.0 Å². The van der Waals surface area contributed by atoms with Crippen molar-refractivity contribution in [2.45, 2.75) is 270 Å². The first-order valence-corrected chi connectivity index (χ1v) is 28.2. The number of allylic oxidation sites excluding steroid dienone is 8. The number of nitrogens with zero attached hydrogens (tertiary/aromatic N) is 1. The second-order valence-electron chi connectivity index (χ2n) is 20.2. The predicted molar refractivity (Wildman–Crippen MR) is 284 cm³/mol. The van der Waals surface area contributed by atoms with Gasteiger partial charge in [0, 0.05) is 19.3 Å². The van der Waals surface area contributed by atoms with Gasteiger partial charge in [0.15, 0.2) is 12.1 Å². The first-order chi connectivity index (χ1) is 32.6. The lowest BCUT2D eigenvalue weighted by Crippen LogP contribution is -2.50. The summed E-state index contributed by atoms with van der Waals surface area (Å²) in [7, 11) is 5.54. The molecule has 0 rings (SSSR count). The third-order valence-electron chi connectivity index (χ3n) is 12.7. The van der Waals surface area contributed by atoms with Crippen LogP contribution in [0.1, 0.15) is 258 Å². The Hall–Kier alpha value is -2.71. The van der Waals surface area contributed by atoms with Gasteiger partial charge in [0.25, 0.3) is 0 Å². The van der Waals surface area contributed by atoms with Crippen LogP contribution in [0.4, 0.5) is 0 Å². The number of esters is 2. The summed E-state index contributed by atoms with van der Waals surface area (Å²) in [6.45, 7) is 4.74. The Morgan fingerprint density at radius 1 is 0.448 bits per heavy atom. The molecule has 0 aliphatic heterocycles. The summed E-state index contributed by atoms with van der Waals surface area (Å²) in [4.78, 5) is 37.3. The van der Waals surface area contributed by atoms with E-state index < -0.39 is 18.1 Å². The number of rotatable bonds is 51. The molecular formula is C59H108NO7+. The molecule has 0 aliphatic rings. The quantitative estimate of drug-likeness (QED) is 0.0281. The number of carbonyl (C=O) groups excluding carboxylic acids is 2. The second kappa shape index (κ2) is 49.7. The number of likely N-dealkylation sites (N-methyl/N-ethyl adjacent to an activating group) is 1. The topological polar surface area (TPSA) is 99.1 Å². The molecule has 0 aromatic heterocycles. The van der Waals surface area contributed by atoms with Gasteiger partial charge in [-0.3, -0.25) is 9.59 Å². The van der Waals surface area contributed by atoms with E-state index in [0.29, 0.717) is 19.3 Å². The van der Waals surface area contributed by atoms with Crippen molar-refractivity contribution in [3.8, 4) is 0 Å². The Morgan fingerprint density at radius 2 is 0.791 bits per heavy atom. The van der Waals surface area contributed by atoms with Gasteiger partial charge < -0.3 is 23.8 Å². The van der Waals surface area contributed by atoms with Crippen LogP contribution in [0.2, 0.25) is 0 Å². The van der Waals surface area contributed by atoms with Gasteiger partial charge in [0.1, 0.15) is 6.61 Å². The maximum atomic E-state index is 12.8. The Kier molecular flexibility index (Phi) is 47.7. The third-order valence-corrected chi connectivity index (χ3v) is 12.7. The maximum Gasteiger partial charge on any atom is 0.362 e. The molecular weight excluding hydrogens is 835 g/mol. The molecule has 0 bridgehead atoms. The first-order valence-electron chi connectivity index (χ1n) is 28.2. The zero-order valence-corrected chi connectivity index (χ0v) is 44.6. The Bertz CT molecular complexity index is 1230. The standard InChI is InChI=1S/C59H107NO7/c1-6-8-10-12-14-16-18-20-22-24-26-28-30-31-33-35-37-39-41-43-45-47-49-57(61)66-54-55(53-65-52-51-56(59(63)64)60(3,4)5)67-58(62)50-48-46-44-42-40-38-36-34-32-29-27-25-23-21-19-17-15-13-11-9-7-2/h14,16,20,22,26,28-29,32,55-56H,6-13,15,17-19,21,23-25,27,30-31,33-54H2,1-5H3/p+1/b16-14+,22-20+,28-26+,32-29+. The molecule has 0 fully saturated rings. The Balaban J connectivity index is 4.20. The molecule has 2 atom stereocenters. The molecule has 0 aromatic carbocycles. The minimum absolute atomic E-state index is 0.0548. The molecule has 0 saturated carbocycles. The molecule has 0 aromatic rings. The second-order valence-corrected chi connectivity index (χ2v) is 20.2. The number of unbranched alkanes of at least 4 members (excludes halogenated alkanes) is 29. The molecule has 0 heterocycles. The fraction of sp³-hybridized carbons (Fsp3) is 0.814. The fourth-order valence-corrected chi connectivity index (χ4v) is 8.33. The van der Waals surface area contributed by atoms with E-state index in [1.807, 2.05) is 21.1 Å². The molecule has 0 spiro atoms. The minimum Gasteiger partial charge on any atom is -0.477 e. The zero-order chi connectivity index (χ0) is 49.2. The van der Waals surface area contributed by atoms with E-state index in [1.165, 1.54) is 173 Å². The van der Waals surface area contributed by atoms with Crippen molar-refractivity contribution in [3.63, 3.8) is 0 Å². The van der Waals surface area contributed by atoms with Gasteiger partial charge in [-0.05, 0) is 77.0 Å². The molecule has 1 N–H and O–H groups in total. The summed E-state index contributed by atoms with van der Waals surface area (Å²) in [6.07, 6.45) is 61.6. The van der Waals surface area contributed by atoms with Gasteiger partial charge in [0.2, 0.25) is 0 Å². The predicted octanol–water partition coefficient (Wildman–Crippen LogP) is 16.7. The number of carboxylic acid groups (broad SMARTS) is 1. The van der Waals surface area contributed by atoms with Gasteiger partial charge in [-0.2, -0.15) is 0 Å². The number of ether oxygens (including phenoxy) is 3. The van der Waals surface area contributed by atoms with Gasteiger partial charge in [-0.25, -0.2) is 4.79 Å². The summed E-state index contributed by atoms with van der Waals surface area (Å²) in [5, 5.41) is 9.67. The highest BCUT2D eigenvalue weighted by Crippen LogP contribution is 2.16. The van der Waals surface area contributed by atoms with Crippen LogP contribution in [0.3, 0.4) is 0 Å². The smallest absolute Gasteiger partial charge is 0.362 e. The molecule has 390 valence electrons. The van der Waals surface area contributed by atoms with E-state index in [-0.39, 0.29) is 36.2 Å². The Labute approximate surface area is 414 Å². The van der Waals surface area contributed by atoms with E-state index in [0.717, 1.165) is 51.4 Å². The van der Waals surface area contributed by atoms with Gasteiger partial charge in [0.05, 0.1) is 34.4 Å². The summed E-state index contributed by atoms with van der Waals surface area (Å²) in [6, 6.07) is -0.618. The van der Waals surface area contributed by atoms with Crippen LogP contribution in [0, 0.1) is 0 Å². The Morgan fingerprint density at radius 3 is 1.21 bits per heavy atom. The van der Waals surface area contributed by atoms with Crippen LogP contribution in [0.5, 0.6) is 0 Å². The summed E-state index contributed by atoms with van der Waals surface area (Å²) in [5.74, 6) is -1.47. The average molecular weight is 944 g/mol. The average Bonchev–Trinajstić information content (AvgIpc) is 3.29. The van der Waals surface area contributed by atoms with Crippen LogP contribution >= 0.6 is 0 Å². The molecule has 0 radical (unpaired) electrons. The number of hydrogen-bond donors (Lipinski definition) is 1. The monoisotopic (exact) mass is 943 g/mol. The molecule has 8 heteroatoms. The van der Waals surface area contributed by atoms with Crippen molar-refractivity contribution < 1.29 is 38.2 Å². The number of quaternary nitrogens is 1. The van der Waals surface area contributed by atoms with E-state index in [9.17, 15) is 19.5 Å². The highest BCUT2D eigenvalue weighted by Gasteiger charge is 2.31. The highest BCUT2D eigenvalue weighted by molar-refractivity contribution is 5.72. The van der Waals surface area contributed by atoms with Gasteiger partial charge in [-0.15, -0.1) is 0 Å². The molecule has 0 aliphatic carbocycles. The van der Waals surface area contributed by atoms with Crippen molar-refractivity contribution in [3.05, 3.63) is 48.6 Å². The van der Waals surface area contributed by atoms with E-state index in [1.54, 1.807) is 0 Å². The van der Waals surface area contributed by atoms with Crippen molar-refractivity contribution in [1.82, 2.24) is 0 Å². The van der Waals surface area contributed by atoms with Crippen LogP contribution < -0.4 is 0 Å². The molecule has 67 heavy (non-hydrogen) atoms. The number of hydrogen-bond acceptors (Lipinski definition) is 6. The zero-order valence-electron chi connectivity index (χ0n) is 44.6. The van der Waals surface area contributed by atoms with Crippen LogP contribution in [0.15, 0.2) is 48.6 Å². The van der Waals surface area contributed by atoms with Crippen LogP contribution in [-0.4, -0.2) is 80.6 Å². The fourth-order valence-electron chi connectivity index (χ4n) is 8.33. The van der Waals surface area contributed by atoms with Gasteiger partial charge in [-0.1, -0.05) is 210 Å². The normalized spacial score (nSPS) is 13.1. The van der Waals surface area contributed by atoms with Crippen LogP contribution in [-0.2, 0) is 28.6 Å². The highest BCUT2D eigenvalue weighted by atomic mass is 16.6. The SMILES string of the molecule is CCCCC/C=C/C/C=C/C/C=C/CCCCCCCCCCCC(=O)OCC(COCCC(C(=O)O)[N+](C)(C)C)OC(=O)CCCCCCCCC/C=C/CCCCCCCCCCCC. The maximum absolute atomic E-state index is 12.8. The molecule has 0 amide bonds. The van der Waals surface area contributed by atoms with Crippen molar-refractivity contribution in [1.29, 1.82) is 0 Å². The van der Waals surface area contributed by atoms with Crippen molar-refractivity contribution >= 4 is 17.9 Å². The lowest BCUT2D eigenvalue weighted by molar-refractivity contribution is -0.887. The number of carboxylic acids is 1. The molecule has 8 nitrogen and oxygen atoms in total. The van der Waals surface area contributed by atoms with Gasteiger partial charge >= 0.3 is 17.9 Å². The largest absolute Gasteiger partial charge is 0.477 e. The molecule has 2 unspecified atom stereocenters. The minimum atomic E-state index is -0.875. The van der Waals surface area contributed by atoms with Crippen LogP contribution in [0.25, 0.3) is 0 Å². The lowest BCUT2D eigenvalue weighted by Gasteiger charge is -2.31. The van der Waals surface area contributed by atoms with E-state index >= 15 is 0 Å². The summed E-state index contributed by atoms with van der Waals surface area (Å²) in [5.41, 5.74) is 0. The number of aliphatic carboxylic acids is 1. The lowest BCUT2D eigenvalue weighted by atomic mass is 10.1. The summed E-state index contributed by atoms with van der Waals surface area (Å²) < 4.78 is 17.4. The van der Waals surface area contributed by atoms with E-state index in [4.69, 9.17) is 14.2 Å². The molecule has 0 saturated heterocycles. The first kappa shape index (κ1) is 64.3. The summed E-state index contributed by atoms with van der Waals surface area (Å²) >= 11 is 0. The third kappa shape index (κ3) is 48.1. The van der Waals surface area contributed by atoms with Crippen molar-refractivity contribution in [2.24, 2.45) is 0 Å².